The number of likely N-dealkylation sites (tertiary alicyclic amines) is 1. The minimum absolute atomic E-state index is 0.0414. The third kappa shape index (κ3) is 2.86. The summed E-state index contributed by atoms with van der Waals surface area (Å²) in [6, 6.07) is 5.24. The molecule has 2 aliphatic heterocycles. The van der Waals surface area contributed by atoms with E-state index in [4.69, 9.17) is 14.2 Å². The van der Waals surface area contributed by atoms with Crippen molar-refractivity contribution in [2.24, 2.45) is 5.92 Å². The molecule has 2 heterocycles. The van der Waals surface area contributed by atoms with Crippen molar-refractivity contribution >= 4 is 11.9 Å². The lowest BCUT2D eigenvalue weighted by molar-refractivity contribution is -0.146. The van der Waals surface area contributed by atoms with Crippen molar-refractivity contribution in [2.75, 3.05) is 33.4 Å². The number of benzene rings is 1. The number of fused-ring (bicyclic) bond motifs is 1. The zero-order chi connectivity index (χ0) is 15.5. The Labute approximate surface area is 128 Å². The number of amides is 1. The molecule has 22 heavy (non-hydrogen) atoms. The first-order valence-corrected chi connectivity index (χ1v) is 7.46. The summed E-state index contributed by atoms with van der Waals surface area (Å²) in [5.74, 6) is 0.954. The van der Waals surface area contributed by atoms with Crippen LogP contribution in [0.2, 0.25) is 0 Å². The van der Waals surface area contributed by atoms with E-state index in [1.165, 1.54) is 7.11 Å². The van der Waals surface area contributed by atoms with Gasteiger partial charge in [0.1, 0.15) is 13.2 Å². The van der Waals surface area contributed by atoms with E-state index in [0.29, 0.717) is 56.2 Å². The van der Waals surface area contributed by atoms with E-state index in [1.54, 1.807) is 23.1 Å². The van der Waals surface area contributed by atoms with Crippen LogP contribution in [-0.2, 0) is 9.53 Å². The molecule has 0 atom stereocenters. The summed E-state index contributed by atoms with van der Waals surface area (Å²) in [5, 5.41) is 0. The molecule has 1 aromatic rings. The van der Waals surface area contributed by atoms with Crippen LogP contribution in [-0.4, -0.2) is 50.2 Å². The van der Waals surface area contributed by atoms with Crippen molar-refractivity contribution in [1.29, 1.82) is 0 Å². The zero-order valence-electron chi connectivity index (χ0n) is 12.5. The molecule has 0 unspecified atom stereocenters. The number of methoxy groups -OCH3 is 1. The minimum atomic E-state index is -0.188. The Bertz CT molecular complexity index is 578. The molecule has 0 aromatic heterocycles. The van der Waals surface area contributed by atoms with E-state index in [0.717, 1.165) is 0 Å². The number of nitrogens with zero attached hydrogens (tertiary/aromatic N) is 1. The summed E-state index contributed by atoms with van der Waals surface area (Å²) in [7, 11) is 1.40. The van der Waals surface area contributed by atoms with Crippen molar-refractivity contribution in [3.8, 4) is 11.5 Å². The fourth-order valence-electron chi connectivity index (χ4n) is 2.84. The van der Waals surface area contributed by atoms with Gasteiger partial charge in [0.15, 0.2) is 11.5 Å². The molecule has 1 fully saturated rings. The lowest BCUT2D eigenvalue weighted by atomic mass is 9.96. The molecule has 1 amide bonds. The topological polar surface area (TPSA) is 65.1 Å². The second-order valence-corrected chi connectivity index (χ2v) is 5.45. The molecule has 0 bridgehead atoms. The maximum Gasteiger partial charge on any atom is 0.308 e. The number of hydrogen-bond acceptors (Lipinski definition) is 5. The highest BCUT2D eigenvalue weighted by molar-refractivity contribution is 5.95. The minimum Gasteiger partial charge on any atom is -0.486 e. The molecule has 6 nitrogen and oxygen atoms in total. The van der Waals surface area contributed by atoms with Crippen molar-refractivity contribution in [2.45, 2.75) is 12.8 Å². The lowest BCUT2D eigenvalue weighted by Crippen LogP contribution is -2.40. The van der Waals surface area contributed by atoms with Gasteiger partial charge in [0, 0.05) is 18.7 Å². The second-order valence-electron chi connectivity index (χ2n) is 5.45. The molecule has 1 aromatic carbocycles. The first-order valence-electron chi connectivity index (χ1n) is 7.46. The highest BCUT2D eigenvalue weighted by Gasteiger charge is 2.28. The third-order valence-corrected chi connectivity index (χ3v) is 4.11. The number of carbonyl (C=O) groups excluding carboxylic acids is 2. The predicted molar refractivity (Wildman–Crippen MR) is 78.1 cm³/mol. The first-order chi connectivity index (χ1) is 10.7. The average molecular weight is 305 g/mol. The van der Waals surface area contributed by atoms with E-state index in [1.807, 2.05) is 0 Å². The van der Waals surface area contributed by atoms with Crippen LogP contribution in [0.3, 0.4) is 0 Å². The predicted octanol–water partition coefficient (Wildman–Crippen LogP) is 1.48. The highest BCUT2D eigenvalue weighted by atomic mass is 16.6. The van der Waals surface area contributed by atoms with E-state index in [2.05, 4.69) is 0 Å². The van der Waals surface area contributed by atoms with E-state index < -0.39 is 0 Å². The summed E-state index contributed by atoms with van der Waals surface area (Å²) in [6.45, 7) is 2.15. The summed E-state index contributed by atoms with van der Waals surface area (Å²) in [4.78, 5) is 25.8. The van der Waals surface area contributed by atoms with Gasteiger partial charge in [-0.1, -0.05) is 0 Å². The Kier molecular flexibility index (Phi) is 4.18. The molecule has 3 rings (SSSR count). The summed E-state index contributed by atoms with van der Waals surface area (Å²) in [6.07, 6.45) is 1.28. The van der Waals surface area contributed by atoms with E-state index >= 15 is 0 Å². The monoisotopic (exact) mass is 305 g/mol. The summed E-state index contributed by atoms with van der Waals surface area (Å²) in [5.41, 5.74) is 0.584. The van der Waals surface area contributed by atoms with Crippen LogP contribution in [0, 0.1) is 5.92 Å². The van der Waals surface area contributed by atoms with Gasteiger partial charge in [-0.15, -0.1) is 0 Å². The average Bonchev–Trinajstić information content (AvgIpc) is 2.60. The smallest absolute Gasteiger partial charge is 0.308 e. The van der Waals surface area contributed by atoms with Gasteiger partial charge in [0.2, 0.25) is 0 Å². The van der Waals surface area contributed by atoms with Crippen LogP contribution in [0.5, 0.6) is 11.5 Å². The van der Waals surface area contributed by atoms with Gasteiger partial charge in [-0.2, -0.15) is 0 Å². The largest absolute Gasteiger partial charge is 0.486 e. The zero-order valence-corrected chi connectivity index (χ0v) is 12.5. The van der Waals surface area contributed by atoms with Gasteiger partial charge in [0.05, 0.1) is 13.0 Å². The van der Waals surface area contributed by atoms with Crippen LogP contribution >= 0.6 is 0 Å². The van der Waals surface area contributed by atoms with Crippen LogP contribution in [0.25, 0.3) is 0 Å². The molecule has 0 N–H and O–H groups in total. The number of carbonyl (C=O) groups is 2. The molecule has 6 heteroatoms. The molecule has 118 valence electrons. The Hall–Kier alpha value is -2.24. The number of esters is 1. The van der Waals surface area contributed by atoms with Crippen LogP contribution in [0.15, 0.2) is 18.2 Å². The number of rotatable bonds is 2. The van der Waals surface area contributed by atoms with Crippen LogP contribution in [0.4, 0.5) is 0 Å². The fraction of sp³-hybridized carbons (Fsp3) is 0.500. The molecule has 0 radical (unpaired) electrons. The Morgan fingerprint density at radius 3 is 2.50 bits per heavy atom. The number of piperidine rings is 1. The quantitative estimate of drug-likeness (QED) is 0.774. The molecule has 1 saturated heterocycles. The van der Waals surface area contributed by atoms with Gasteiger partial charge in [-0.3, -0.25) is 9.59 Å². The van der Waals surface area contributed by atoms with Crippen molar-refractivity contribution in [3.05, 3.63) is 23.8 Å². The fourth-order valence-corrected chi connectivity index (χ4v) is 2.84. The summed E-state index contributed by atoms with van der Waals surface area (Å²) >= 11 is 0. The van der Waals surface area contributed by atoms with Gasteiger partial charge in [0.25, 0.3) is 5.91 Å². The van der Waals surface area contributed by atoms with Gasteiger partial charge < -0.3 is 19.1 Å². The Morgan fingerprint density at radius 1 is 1.14 bits per heavy atom. The standard InChI is InChI=1S/C16H19NO5/c1-20-16(19)11-4-6-17(7-5-11)15(18)12-2-3-13-14(10-12)22-9-8-21-13/h2-3,10-11H,4-9H2,1H3. The van der Waals surface area contributed by atoms with Crippen LogP contribution < -0.4 is 9.47 Å². The van der Waals surface area contributed by atoms with E-state index in [9.17, 15) is 9.59 Å². The second kappa shape index (κ2) is 6.25. The molecule has 0 aliphatic carbocycles. The number of ether oxygens (including phenoxy) is 3. The van der Waals surface area contributed by atoms with E-state index in [-0.39, 0.29) is 17.8 Å². The first kappa shape index (κ1) is 14.7. The van der Waals surface area contributed by atoms with Gasteiger partial charge >= 0.3 is 5.97 Å². The normalized spacial score (nSPS) is 18.0. The number of hydrogen-bond donors (Lipinski definition) is 0. The third-order valence-electron chi connectivity index (χ3n) is 4.11. The maximum atomic E-state index is 12.5. The van der Waals surface area contributed by atoms with Crippen molar-refractivity contribution in [3.63, 3.8) is 0 Å². The molecule has 2 aliphatic rings. The molecular weight excluding hydrogens is 286 g/mol. The lowest BCUT2D eigenvalue weighted by Gasteiger charge is -2.31. The van der Waals surface area contributed by atoms with Crippen LogP contribution in [0.1, 0.15) is 23.2 Å². The molecule has 0 spiro atoms. The Balaban J connectivity index is 1.66. The SMILES string of the molecule is COC(=O)C1CCN(C(=O)c2ccc3c(c2)OCCO3)CC1. The maximum absolute atomic E-state index is 12.5. The molecule has 0 saturated carbocycles. The van der Waals surface area contributed by atoms with Crippen molar-refractivity contribution < 1.29 is 23.8 Å². The summed E-state index contributed by atoms with van der Waals surface area (Å²) < 4.78 is 15.7. The highest BCUT2D eigenvalue weighted by Crippen LogP contribution is 2.31. The Morgan fingerprint density at radius 2 is 1.82 bits per heavy atom. The molecular formula is C16H19NO5. The van der Waals surface area contributed by atoms with Gasteiger partial charge in [-0.25, -0.2) is 0 Å². The van der Waals surface area contributed by atoms with Gasteiger partial charge in [-0.05, 0) is 31.0 Å². The van der Waals surface area contributed by atoms with Crippen molar-refractivity contribution in [1.82, 2.24) is 4.90 Å².